The zero-order valence-electron chi connectivity index (χ0n) is 5.93. The maximum atomic E-state index is 10.3. The Kier molecular flexibility index (Phi) is 2.46. The molecule has 0 saturated heterocycles. The first-order valence-electron chi connectivity index (χ1n) is 3.25. The van der Waals surface area contributed by atoms with Gasteiger partial charge in [-0.2, -0.15) is 0 Å². The molecular formula is C7H10ClNO. The van der Waals surface area contributed by atoms with Gasteiger partial charge in [0.2, 0.25) is 0 Å². The highest BCUT2D eigenvalue weighted by atomic mass is 35.5. The van der Waals surface area contributed by atoms with Crippen molar-refractivity contribution in [3.8, 4) is 0 Å². The van der Waals surface area contributed by atoms with E-state index >= 15 is 0 Å². The third-order valence-corrected chi connectivity index (χ3v) is 2.02. The van der Waals surface area contributed by atoms with Crippen LogP contribution in [0, 0.1) is 0 Å². The molecule has 1 aliphatic heterocycles. The fourth-order valence-corrected chi connectivity index (χ4v) is 1.33. The van der Waals surface area contributed by atoms with E-state index in [0.29, 0.717) is 5.03 Å². The molecule has 0 aromatic carbocycles. The highest BCUT2D eigenvalue weighted by Gasteiger charge is 2.13. The lowest BCUT2D eigenvalue weighted by Crippen LogP contribution is -2.26. The predicted molar refractivity (Wildman–Crippen MR) is 41.1 cm³/mol. The Bertz CT molecular complexity index is 176. The largest absolute Gasteiger partial charge is 0.301 e. The van der Waals surface area contributed by atoms with Crippen molar-refractivity contribution in [3.05, 3.63) is 10.6 Å². The van der Waals surface area contributed by atoms with Gasteiger partial charge in [-0.15, -0.1) is 0 Å². The molecule has 1 aliphatic rings. The highest BCUT2D eigenvalue weighted by Crippen LogP contribution is 2.17. The van der Waals surface area contributed by atoms with Gasteiger partial charge in [0, 0.05) is 23.7 Å². The summed E-state index contributed by atoms with van der Waals surface area (Å²) in [5.74, 6) is 0. The number of hydrogen-bond acceptors (Lipinski definition) is 2. The van der Waals surface area contributed by atoms with Gasteiger partial charge in [0.25, 0.3) is 0 Å². The fourth-order valence-electron chi connectivity index (χ4n) is 0.987. The Balaban J connectivity index is 2.70. The summed E-state index contributed by atoms with van der Waals surface area (Å²) in [6, 6.07) is 0. The summed E-state index contributed by atoms with van der Waals surface area (Å²) in [5.41, 5.74) is 0.764. The van der Waals surface area contributed by atoms with Crippen LogP contribution in [0.25, 0.3) is 0 Å². The van der Waals surface area contributed by atoms with Crippen LogP contribution in [0.3, 0.4) is 0 Å². The first kappa shape index (κ1) is 7.76. The molecule has 3 heteroatoms. The zero-order chi connectivity index (χ0) is 7.56. The second-order valence-electron chi connectivity index (χ2n) is 2.54. The summed E-state index contributed by atoms with van der Waals surface area (Å²) in [6.07, 6.45) is 1.65. The molecule has 0 saturated carbocycles. The van der Waals surface area contributed by atoms with Crippen LogP contribution >= 0.6 is 11.6 Å². The number of carbonyl (C=O) groups is 1. The van der Waals surface area contributed by atoms with E-state index in [4.69, 9.17) is 11.6 Å². The second-order valence-corrected chi connectivity index (χ2v) is 2.99. The molecule has 1 rings (SSSR count). The van der Waals surface area contributed by atoms with Crippen LogP contribution in [0.2, 0.25) is 0 Å². The molecule has 0 aromatic heterocycles. The van der Waals surface area contributed by atoms with Gasteiger partial charge in [0.1, 0.15) is 6.29 Å². The molecule has 0 atom stereocenters. The van der Waals surface area contributed by atoms with Crippen molar-refractivity contribution in [2.24, 2.45) is 0 Å². The number of nitrogens with zero attached hydrogens (tertiary/aromatic N) is 1. The Morgan fingerprint density at radius 3 is 2.90 bits per heavy atom. The van der Waals surface area contributed by atoms with E-state index in [2.05, 4.69) is 4.90 Å². The van der Waals surface area contributed by atoms with Crippen LogP contribution in [0.5, 0.6) is 0 Å². The monoisotopic (exact) mass is 159 g/mol. The van der Waals surface area contributed by atoms with E-state index < -0.39 is 0 Å². The lowest BCUT2D eigenvalue weighted by Gasteiger charge is -2.21. The fraction of sp³-hybridized carbons (Fsp3) is 0.571. The number of likely N-dealkylation sites (N-methyl/N-ethyl adjacent to an activating group) is 1. The van der Waals surface area contributed by atoms with Crippen molar-refractivity contribution in [1.29, 1.82) is 0 Å². The molecule has 0 fully saturated rings. The molecule has 0 radical (unpaired) electrons. The summed E-state index contributed by atoms with van der Waals surface area (Å²) in [5, 5.41) is 0.698. The molecule has 10 heavy (non-hydrogen) atoms. The third-order valence-electron chi connectivity index (χ3n) is 1.66. The second kappa shape index (κ2) is 3.17. The SMILES string of the molecule is CN1CCC(C=O)=C(Cl)C1. The molecule has 0 spiro atoms. The van der Waals surface area contributed by atoms with Gasteiger partial charge < -0.3 is 4.90 Å². The van der Waals surface area contributed by atoms with Gasteiger partial charge in [-0.05, 0) is 13.5 Å². The first-order valence-corrected chi connectivity index (χ1v) is 3.63. The van der Waals surface area contributed by atoms with Crippen LogP contribution in [-0.2, 0) is 4.79 Å². The molecule has 0 unspecified atom stereocenters. The van der Waals surface area contributed by atoms with Gasteiger partial charge in [-0.1, -0.05) is 11.6 Å². The predicted octanol–water partition coefficient (Wildman–Crippen LogP) is 1.01. The van der Waals surface area contributed by atoms with Gasteiger partial charge >= 0.3 is 0 Å². The van der Waals surface area contributed by atoms with Crippen molar-refractivity contribution in [3.63, 3.8) is 0 Å². The lowest BCUT2D eigenvalue weighted by atomic mass is 10.1. The molecule has 56 valence electrons. The third kappa shape index (κ3) is 1.58. The molecule has 2 nitrogen and oxygen atoms in total. The van der Waals surface area contributed by atoms with E-state index in [-0.39, 0.29) is 0 Å². The highest BCUT2D eigenvalue weighted by molar-refractivity contribution is 6.31. The van der Waals surface area contributed by atoms with Crippen molar-refractivity contribution in [1.82, 2.24) is 4.90 Å². The maximum Gasteiger partial charge on any atom is 0.147 e. The molecular weight excluding hydrogens is 150 g/mol. The maximum absolute atomic E-state index is 10.3. The average Bonchev–Trinajstić information content (AvgIpc) is 1.88. The summed E-state index contributed by atoms with van der Waals surface area (Å²) >= 11 is 5.78. The topological polar surface area (TPSA) is 20.3 Å². The van der Waals surface area contributed by atoms with E-state index in [0.717, 1.165) is 31.4 Å². The molecule has 0 aromatic rings. The van der Waals surface area contributed by atoms with Gasteiger partial charge in [-0.3, -0.25) is 4.79 Å². The van der Waals surface area contributed by atoms with E-state index in [9.17, 15) is 4.79 Å². The van der Waals surface area contributed by atoms with Gasteiger partial charge in [0.15, 0.2) is 0 Å². The number of carbonyl (C=O) groups excluding carboxylic acids is 1. The van der Waals surface area contributed by atoms with Crippen LogP contribution < -0.4 is 0 Å². The average molecular weight is 160 g/mol. The number of halogens is 1. The van der Waals surface area contributed by atoms with Crippen molar-refractivity contribution in [2.45, 2.75) is 6.42 Å². The van der Waals surface area contributed by atoms with Crippen molar-refractivity contribution in [2.75, 3.05) is 20.1 Å². The summed E-state index contributed by atoms with van der Waals surface area (Å²) in [6.45, 7) is 1.65. The van der Waals surface area contributed by atoms with Crippen molar-refractivity contribution < 1.29 is 4.79 Å². The lowest BCUT2D eigenvalue weighted by molar-refractivity contribution is -0.105. The van der Waals surface area contributed by atoms with E-state index in [1.165, 1.54) is 0 Å². The summed E-state index contributed by atoms with van der Waals surface area (Å²) in [4.78, 5) is 12.4. The number of rotatable bonds is 1. The number of aldehydes is 1. The smallest absolute Gasteiger partial charge is 0.147 e. The number of hydrogen-bond donors (Lipinski definition) is 0. The van der Waals surface area contributed by atoms with E-state index in [1.54, 1.807) is 0 Å². The minimum Gasteiger partial charge on any atom is -0.301 e. The first-order chi connectivity index (χ1) is 4.74. The summed E-state index contributed by atoms with van der Waals surface area (Å²) in [7, 11) is 1.99. The van der Waals surface area contributed by atoms with Crippen LogP contribution in [0.1, 0.15) is 6.42 Å². The Labute approximate surface area is 65.5 Å². The molecule has 0 aliphatic carbocycles. The minimum absolute atomic E-state index is 0.698. The van der Waals surface area contributed by atoms with Crippen LogP contribution in [0.15, 0.2) is 10.6 Å². The molecule has 1 heterocycles. The standard InChI is InChI=1S/C7H10ClNO/c1-9-3-2-6(5-10)7(8)4-9/h5H,2-4H2,1H3. The van der Waals surface area contributed by atoms with Gasteiger partial charge in [-0.25, -0.2) is 0 Å². The van der Waals surface area contributed by atoms with E-state index in [1.807, 2.05) is 7.05 Å². The molecule has 0 amide bonds. The van der Waals surface area contributed by atoms with Crippen LogP contribution in [0.4, 0.5) is 0 Å². The Morgan fingerprint density at radius 2 is 2.40 bits per heavy atom. The van der Waals surface area contributed by atoms with Crippen LogP contribution in [-0.4, -0.2) is 31.3 Å². The summed E-state index contributed by atoms with van der Waals surface area (Å²) < 4.78 is 0. The Morgan fingerprint density at radius 1 is 1.70 bits per heavy atom. The minimum atomic E-state index is 0.698. The quantitative estimate of drug-likeness (QED) is 0.533. The van der Waals surface area contributed by atoms with Crippen molar-refractivity contribution >= 4 is 17.9 Å². The molecule has 0 bridgehead atoms. The Hall–Kier alpha value is -0.340. The normalized spacial score (nSPS) is 21.4. The zero-order valence-corrected chi connectivity index (χ0v) is 6.69. The van der Waals surface area contributed by atoms with Gasteiger partial charge in [0.05, 0.1) is 0 Å². The molecule has 0 N–H and O–H groups in total.